The van der Waals surface area contributed by atoms with Crippen molar-refractivity contribution in [1.29, 1.82) is 0 Å². The lowest BCUT2D eigenvalue weighted by molar-refractivity contribution is -0.129. The number of amides is 2. The number of nitrogens with one attached hydrogen (secondary N) is 1. The molecule has 130 valence electrons. The van der Waals surface area contributed by atoms with Crippen LogP contribution in [0.3, 0.4) is 0 Å². The third kappa shape index (κ3) is 3.61. The van der Waals surface area contributed by atoms with Crippen LogP contribution in [-0.2, 0) is 19.4 Å². The lowest BCUT2D eigenvalue weighted by Crippen LogP contribution is -2.35. The number of sulfone groups is 1. The molecule has 1 aromatic carbocycles. The predicted molar refractivity (Wildman–Crippen MR) is 90.3 cm³/mol. The van der Waals surface area contributed by atoms with Crippen LogP contribution in [0.25, 0.3) is 0 Å². The van der Waals surface area contributed by atoms with Gasteiger partial charge >= 0.3 is 0 Å². The molecular formula is C17H22N2O4S. The van der Waals surface area contributed by atoms with Crippen molar-refractivity contribution in [2.24, 2.45) is 5.92 Å². The predicted octanol–water partition coefficient (Wildman–Crippen LogP) is 1.82. The zero-order chi connectivity index (χ0) is 17.3. The normalized spacial score (nSPS) is 22.1. The summed E-state index contributed by atoms with van der Waals surface area (Å²) in [4.78, 5) is 26.6. The minimum Gasteiger partial charge on any atom is -0.339 e. The summed E-state index contributed by atoms with van der Waals surface area (Å²) in [6, 6.07) is 6.37. The summed E-state index contributed by atoms with van der Waals surface area (Å²) in [6.45, 7) is 0.483. The molecule has 2 fully saturated rings. The van der Waals surface area contributed by atoms with Gasteiger partial charge < -0.3 is 10.2 Å². The van der Waals surface area contributed by atoms with Crippen LogP contribution in [0.5, 0.6) is 0 Å². The highest BCUT2D eigenvalue weighted by atomic mass is 32.2. The van der Waals surface area contributed by atoms with Crippen LogP contribution in [0, 0.1) is 5.92 Å². The van der Waals surface area contributed by atoms with E-state index in [1.165, 1.54) is 12.1 Å². The highest BCUT2D eigenvalue weighted by molar-refractivity contribution is 7.90. The minimum absolute atomic E-state index is 0.0643. The van der Waals surface area contributed by atoms with E-state index < -0.39 is 9.84 Å². The standard InChI is InChI=1S/C17H22N2O4S/c1-24(22,23)15-8-6-13(7-9-15)18-17(21)12-10-16(20)19(11-12)14-4-2-3-5-14/h6-9,12,14H,2-5,10-11H2,1H3,(H,18,21)/t12-/m0/s1. The Hall–Kier alpha value is -1.89. The zero-order valence-electron chi connectivity index (χ0n) is 13.7. The number of carbonyl (C=O) groups is 2. The zero-order valence-corrected chi connectivity index (χ0v) is 14.5. The van der Waals surface area contributed by atoms with Gasteiger partial charge in [0.25, 0.3) is 0 Å². The van der Waals surface area contributed by atoms with Crippen LogP contribution < -0.4 is 5.32 Å². The fraction of sp³-hybridized carbons (Fsp3) is 0.529. The summed E-state index contributed by atoms with van der Waals surface area (Å²) >= 11 is 0. The molecule has 2 aliphatic rings. The summed E-state index contributed by atoms with van der Waals surface area (Å²) in [5, 5.41) is 2.78. The Bertz CT molecular complexity index is 736. The molecule has 1 aromatic rings. The molecule has 1 atom stereocenters. The van der Waals surface area contributed by atoms with Gasteiger partial charge in [0, 0.05) is 31.0 Å². The Morgan fingerprint density at radius 1 is 1.17 bits per heavy atom. The summed E-state index contributed by atoms with van der Waals surface area (Å²) < 4.78 is 22.9. The van der Waals surface area contributed by atoms with Gasteiger partial charge in [0.1, 0.15) is 0 Å². The molecule has 6 nitrogen and oxygen atoms in total. The van der Waals surface area contributed by atoms with Crippen molar-refractivity contribution in [1.82, 2.24) is 4.90 Å². The minimum atomic E-state index is -3.25. The number of rotatable bonds is 4. The van der Waals surface area contributed by atoms with Gasteiger partial charge in [-0.2, -0.15) is 0 Å². The number of likely N-dealkylation sites (tertiary alicyclic amines) is 1. The molecule has 1 saturated carbocycles. The van der Waals surface area contributed by atoms with E-state index >= 15 is 0 Å². The third-order valence-corrected chi connectivity index (χ3v) is 5.97. The van der Waals surface area contributed by atoms with Crippen molar-refractivity contribution in [3.63, 3.8) is 0 Å². The first-order valence-electron chi connectivity index (χ1n) is 8.25. The van der Waals surface area contributed by atoms with E-state index in [1.54, 1.807) is 12.1 Å². The molecule has 1 aliphatic carbocycles. The number of nitrogens with zero attached hydrogens (tertiary/aromatic N) is 1. The molecule has 2 amide bonds. The number of benzene rings is 1. The summed E-state index contributed by atoms with van der Waals surface area (Å²) in [5.41, 5.74) is 0.541. The number of anilines is 1. The Labute approximate surface area is 142 Å². The van der Waals surface area contributed by atoms with Gasteiger partial charge in [0.15, 0.2) is 9.84 Å². The molecule has 7 heteroatoms. The number of hydrogen-bond donors (Lipinski definition) is 1. The van der Waals surface area contributed by atoms with Crippen LogP contribution in [0.1, 0.15) is 32.1 Å². The lowest BCUT2D eigenvalue weighted by atomic mass is 10.1. The Morgan fingerprint density at radius 3 is 2.38 bits per heavy atom. The van der Waals surface area contributed by atoms with Crippen molar-refractivity contribution < 1.29 is 18.0 Å². The van der Waals surface area contributed by atoms with Crippen molar-refractivity contribution in [3.8, 4) is 0 Å². The van der Waals surface area contributed by atoms with E-state index in [0.717, 1.165) is 31.9 Å². The van der Waals surface area contributed by atoms with Crippen LogP contribution >= 0.6 is 0 Å². The van der Waals surface area contributed by atoms with Gasteiger partial charge in [-0.15, -0.1) is 0 Å². The molecule has 1 N–H and O–H groups in total. The molecule has 3 rings (SSSR count). The topological polar surface area (TPSA) is 83.5 Å². The molecule has 1 saturated heterocycles. The van der Waals surface area contributed by atoms with Gasteiger partial charge in [-0.3, -0.25) is 9.59 Å². The number of hydrogen-bond acceptors (Lipinski definition) is 4. The van der Waals surface area contributed by atoms with E-state index in [4.69, 9.17) is 0 Å². The van der Waals surface area contributed by atoms with E-state index in [-0.39, 0.29) is 29.0 Å². The average Bonchev–Trinajstić information content (AvgIpc) is 3.16. The van der Waals surface area contributed by atoms with E-state index in [1.807, 2.05) is 4.90 Å². The second-order valence-corrected chi connectivity index (χ2v) is 8.69. The van der Waals surface area contributed by atoms with Gasteiger partial charge in [0.05, 0.1) is 10.8 Å². The smallest absolute Gasteiger partial charge is 0.229 e. The van der Waals surface area contributed by atoms with Crippen molar-refractivity contribution >= 4 is 27.3 Å². The van der Waals surface area contributed by atoms with Gasteiger partial charge in [-0.1, -0.05) is 12.8 Å². The Balaban J connectivity index is 1.62. The fourth-order valence-corrected chi connectivity index (χ4v) is 4.14. The molecule has 1 heterocycles. The van der Waals surface area contributed by atoms with Gasteiger partial charge in [0.2, 0.25) is 11.8 Å². The summed E-state index contributed by atoms with van der Waals surface area (Å²) in [5.74, 6) is -0.460. The van der Waals surface area contributed by atoms with E-state index in [0.29, 0.717) is 18.3 Å². The average molecular weight is 350 g/mol. The first kappa shape index (κ1) is 17.0. The molecule has 0 spiro atoms. The van der Waals surface area contributed by atoms with Crippen molar-refractivity contribution in [2.75, 3.05) is 18.1 Å². The van der Waals surface area contributed by atoms with E-state index in [9.17, 15) is 18.0 Å². The largest absolute Gasteiger partial charge is 0.339 e. The van der Waals surface area contributed by atoms with Gasteiger partial charge in [-0.25, -0.2) is 8.42 Å². The second-order valence-electron chi connectivity index (χ2n) is 6.67. The Morgan fingerprint density at radius 2 is 1.79 bits per heavy atom. The second kappa shape index (κ2) is 6.55. The van der Waals surface area contributed by atoms with Crippen LogP contribution in [-0.4, -0.2) is 44.0 Å². The Kier molecular flexibility index (Phi) is 4.62. The maximum Gasteiger partial charge on any atom is 0.229 e. The molecule has 0 aromatic heterocycles. The van der Waals surface area contributed by atoms with Crippen molar-refractivity contribution in [3.05, 3.63) is 24.3 Å². The van der Waals surface area contributed by atoms with Crippen LogP contribution in [0.4, 0.5) is 5.69 Å². The monoisotopic (exact) mass is 350 g/mol. The van der Waals surface area contributed by atoms with Gasteiger partial charge in [-0.05, 0) is 37.1 Å². The maximum atomic E-state index is 12.4. The molecule has 0 radical (unpaired) electrons. The first-order valence-corrected chi connectivity index (χ1v) is 10.1. The highest BCUT2D eigenvalue weighted by Crippen LogP contribution is 2.30. The lowest BCUT2D eigenvalue weighted by Gasteiger charge is -2.23. The molecule has 1 aliphatic heterocycles. The summed E-state index contributed by atoms with van der Waals surface area (Å²) in [7, 11) is -3.25. The summed E-state index contributed by atoms with van der Waals surface area (Å²) in [6.07, 6.45) is 5.77. The SMILES string of the molecule is CS(=O)(=O)c1ccc(NC(=O)[C@H]2CC(=O)N(C3CCCC3)C2)cc1. The van der Waals surface area contributed by atoms with Crippen molar-refractivity contribution in [2.45, 2.75) is 43.0 Å². The van der Waals surface area contributed by atoms with Crippen LogP contribution in [0.2, 0.25) is 0 Å². The first-order chi connectivity index (χ1) is 11.3. The fourth-order valence-electron chi connectivity index (χ4n) is 3.51. The van der Waals surface area contributed by atoms with E-state index in [2.05, 4.69) is 5.32 Å². The quantitative estimate of drug-likeness (QED) is 0.898. The highest BCUT2D eigenvalue weighted by Gasteiger charge is 2.38. The maximum absolute atomic E-state index is 12.4. The number of carbonyl (C=O) groups excluding carboxylic acids is 2. The molecule has 0 unspecified atom stereocenters. The third-order valence-electron chi connectivity index (χ3n) is 4.84. The molecule has 0 bridgehead atoms. The molecular weight excluding hydrogens is 328 g/mol. The van der Waals surface area contributed by atoms with Crippen LogP contribution in [0.15, 0.2) is 29.2 Å². The molecule has 24 heavy (non-hydrogen) atoms.